The van der Waals surface area contributed by atoms with Crippen LogP contribution in [0.2, 0.25) is 0 Å². The predicted octanol–water partition coefficient (Wildman–Crippen LogP) is 5.77. The van der Waals surface area contributed by atoms with Crippen molar-refractivity contribution in [2.45, 2.75) is 83.4 Å². The van der Waals surface area contributed by atoms with Crippen LogP contribution in [-0.4, -0.2) is 16.9 Å². The summed E-state index contributed by atoms with van der Waals surface area (Å²) in [6.45, 7) is 4.51. The van der Waals surface area contributed by atoms with Crippen molar-refractivity contribution in [2.75, 3.05) is 0 Å². The number of hydrogen-bond donors (Lipinski definition) is 1. The maximum Gasteiger partial charge on any atom is 0.417 e. The number of fused-ring (bicyclic) bond motifs is 5. The molecule has 0 amide bonds. The van der Waals surface area contributed by atoms with Gasteiger partial charge in [0.15, 0.2) is 5.60 Å². The van der Waals surface area contributed by atoms with E-state index in [2.05, 4.69) is 19.9 Å². The van der Waals surface area contributed by atoms with Crippen molar-refractivity contribution in [3.05, 3.63) is 11.6 Å². The van der Waals surface area contributed by atoms with E-state index in [1.807, 2.05) is 0 Å². The van der Waals surface area contributed by atoms with Crippen molar-refractivity contribution in [1.29, 1.82) is 5.26 Å². The summed E-state index contributed by atoms with van der Waals surface area (Å²) in [4.78, 5) is 0. The fourth-order valence-electron chi connectivity index (χ4n) is 7.67. The molecule has 0 radical (unpaired) electrons. The van der Waals surface area contributed by atoms with Crippen LogP contribution in [0.5, 0.6) is 0 Å². The highest BCUT2D eigenvalue weighted by Crippen LogP contribution is 2.68. The maximum absolute atomic E-state index is 13.4. The molecule has 150 valence electrons. The fourth-order valence-corrected chi connectivity index (χ4v) is 7.67. The molecule has 0 aromatic heterocycles. The standard InChI is InChI=1S/C22H30F3NO/c1-19-9-7-18-16(17(19)6-4-14(19)8-12-26)5-3-15-13-21(27,22(23,24)25)11-10-20(15,18)2/h8,15-18,27H,3-7,9-11,13H2,1-2H3/b14-8-/t15?,16?,17-,18-,19?,20?,21+/m0/s1. The topological polar surface area (TPSA) is 44.0 Å². The Hall–Kier alpha value is -1.02. The zero-order chi connectivity index (χ0) is 19.7. The molecule has 1 N–H and O–H groups in total. The van der Waals surface area contributed by atoms with Gasteiger partial charge in [-0.3, -0.25) is 0 Å². The second kappa shape index (κ2) is 5.99. The molecule has 4 aliphatic rings. The molecular formula is C22H30F3NO. The molecule has 0 aliphatic heterocycles. The van der Waals surface area contributed by atoms with Crippen LogP contribution in [0.15, 0.2) is 11.6 Å². The molecule has 4 aliphatic carbocycles. The van der Waals surface area contributed by atoms with E-state index in [0.717, 1.165) is 38.5 Å². The summed E-state index contributed by atoms with van der Waals surface area (Å²) in [7, 11) is 0. The van der Waals surface area contributed by atoms with Crippen molar-refractivity contribution in [1.82, 2.24) is 0 Å². The molecule has 0 heterocycles. The minimum atomic E-state index is -4.53. The smallest absolute Gasteiger partial charge is 0.380 e. The molecule has 0 spiro atoms. The van der Waals surface area contributed by atoms with Crippen LogP contribution in [0.25, 0.3) is 0 Å². The Balaban J connectivity index is 1.60. The maximum atomic E-state index is 13.4. The van der Waals surface area contributed by atoms with Gasteiger partial charge in [-0.15, -0.1) is 0 Å². The molecule has 0 bridgehead atoms. The third-order valence-electron chi connectivity index (χ3n) is 9.34. The zero-order valence-corrected chi connectivity index (χ0v) is 16.3. The van der Waals surface area contributed by atoms with E-state index >= 15 is 0 Å². The number of hydrogen-bond acceptors (Lipinski definition) is 2. The van der Waals surface area contributed by atoms with Gasteiger partial charge in [0, 0.05) is 6.08 Å². The molecule has 4 fully saturated rings. The molecule has 5 heteroatoms. The number of nitrogens with zero attached hydrogens (tertiary/aromatic N) is 1. The van der Waals surface area contributed by atoms with Gasteiger partial charge in [-0.05, 0) is 92.3 Å². The molecule has 4 saturated carbocycles. The number of nitriles is 1. The molecule has 7 atom stereocenters. The first-order valence-corrected chi connectivity index (χ1v) is 10.4. The van der Waals surface area contributed by atoms with Crippen molar-refractivity contribution in [3.8, 4) is 6.07 Å². The van der Waals surface area contributed by atoms with Crippen molar-refractivity contribution in [3.63, 3.8) is 0 Å². The van der Waals surface area contributed by atoms with Crippen LogP contribution < -0.4 is 0 Å². The molecule has 0 aromatic rings. The monoisotopic (exact) mass is 381 g/mol. The van der Waals surface area contributed by atoms with Crippen molar-refractivity contribution >= 4 is 0 Å². The Morgan fingerprint density at radius 2 is 1.81 bits per heavy atom. The molecular weight excluding hydrogens is 351 g/mol. The second-order valence-electron chi connectivity index (χ2n) is 10.2. The molecule has 27 heavy (non-hydrogen) atoms. The third-order valence-corrected chi connectivity index (χ3v) is 9.34. The van der Waals surface area contributed by atoms with Gasteiger partial charge < -0.3 is 5.11 Å². The van der Waals surface area contributed by atoms with Crippen LogP contribution >= 0.6 is 0 Å². The summed E-state index contributed by atoms with van der Waals surface area (Å²) < 4.78 is 40.2. The summed E-state index contributed by atoms with van der Waals surface area (Å²) in [6, 6.07) is 2.22. The summed E-state index contributed by atoms with van der Waals surface area (Å²) in [5, 5.41) is 19.4. The fraction of sp³-hybridized carbons (Fsp3) is 0.864. The van der Waals surface area contributed by atoms with E-state index in [1.165, 1.54) is 5.57 Å². The first-order chi connectivity index (χ1) is 12.6. The highest BCUT2D eigenvalue weighted by molar-refractivity contribution is 5.28. The second-order valence-corrected chi connectivity index (χ2v) is 10.2. The van der Waals surface area contributed by atoms with Crippen molar-refractivity contribution < 1.29 is 18.3 Å². The van der Waals surface area contributed by atoms with E-state index in [9.17, 15) is 18.3 Å². The van der Waals surface area contributed by atoms with E-state index in [-0.39, 0.29) is 29.6 Å². The average molecular weight is 381 g/mol. The van der Waals surface area contributed by atoms with E-state index in [4.69, 9.17) is 5.26 Å². The Morgan fingerprint density at radius 3 is 2.48 bits per heavy atom. The molecule has 0 aromatic carbocycles. The van der Waals surface area contributed by atoms with Crippen LogP contribution in [-0.2, 0) is 0 Å². The number of aliphatic hydroxyl groups is 1. The van der Waals surface area contributed by atoms with Gasteiger partial charge in [0.25, 0.3) is 0 Å². The number of rotatable bonds is 0. The van der Waals surface area contributed by atoms with E-state index in [0.29, 0.717) is 24.2 Å². The molecule has 2 nitrogen and oxygen atoms in total. The lowest BCUT2D eigenvalue weighted by Crippen LogP contribution is -2.58. The molecule has 4 unspecified atom stereocenters. The molecule has 0 saturated heterocycles. The van der Waals surface area contributed by atoms with Crippen LogP contribution in [0.1, 0.15) is 71.6 Å². The van der Waals surface area contributed by atoms with Crippen molar-refractivity contribution in [2.24, 2.45) is 34.5 Å². The summed E-state index contributed by atoms with van der Waals surface area (Å²) in [5.41, 5.74) is -1.20. The summed E-state index contributed by atoms with van der Waals surface area (Å²) in [5.74, 6) is 1.51. The van der Waals surface area contributed by atoms with Gasteiger partial charge in [-0.25, -0.2) is 0 Å². The Morgan fingerprint density at radius 1 is 1.07 bits per heavy atom. The Kier molecular flexibility index (Phi) is 4.28. The van der Waals surface area contributed by atoms with Crippen LogP contribution in [0.3, 0.4) is 0 Å². The lowest BCUT2D eigenvalue weighted by molar-refractivity contribution is -0.289. The highest BCUT2D eigenvalue weighted by Gasteiger charge is 2.64. The predicted molar refractivity (Wildman–Crippen MR) is 96.4 cm³/mol. The van der Waals surface area contributed by atoms with E-state index < -0.39 is 11.8 Å². The lowest BCUT2D eigenvalue weighted by Gasteiger charge is -2.61. The normalized spacial score (nSPS) is 51.2. The quantitative estimate of drug-likeness (QED) is 0.541. The van der Waals surface area contributed by atoms with Gasteiger partial charge in [0.1, 0.15) is 0 Å². The van der Waals surface area contributed by atoms with Crippen LogP contribution in [0.4, 0.5) is 13.2 Å². The lowest BCUT2D eigenvalue weighted by atomic mass is 9.44. The third kappa shape index (κ3) is 2.62. The first kappa shape index (κ1) is 19.3. The minimum Gasteiger partial charge on any atom is -0.380 e. The Bertz CT molecular complexity index is 695. The average Bonchev–Trinajstić information content (AvgIpc) is 2.92. The van der Waals surface area contributed by atoms with Gasteiger partial charge in [-0.1, -0.05) is 19.4 Å². The zero-order valence-electron chi connectivity index (χ0n) is 16.3. The Labute approximate surface area is 159 Å². The van der Waals surface area contributed by atoms with Gasteiger partial charge >= 0.3 is 6.18 Å². The summed E-state index contributed by atoms with van der Waals surface area (Å²) >= 11 is 0. The van der Waals surface area contributed by atoms with Gasteiger partial charge in [-0.2, -0.15) is 18.4 Å². The molecule has 4 rings (SSSR count). The largest absolute Gasteiger partial charge is 0.417 e. The number of halogens is 3. The first-order valence-electron chi connectivity index (χ1n) is 10.4. The van der Waals surface area contributed by atoms with Crippen LogP contribution in [0, 0.1) is 45.8 Å². The van der Waals surface area contributed by atoms with E-state index in [1.54, 1.807) is 6.08 Å². The van der Waals surface area contributed by atoms with Gasteiger partial charge in [0.2, 0.25) is 0 Å². The minimum absolute atomic E-state index is 0.0426. The number of allylic oxidation sites excluding steroid dienone is 2. The number of alkyl halides is 3. The summed E-state index contributed by atoms with van der Waals surface area (Å²) in [6.07, 6.45) is 3.35. The SMILES string of the molecule is CC12CC[C@H]3C(CCC4C[C@@](O)(C(F)(F)F)CCC43C)[C@@H]1CC/C2=C/C#N. The highest BCUT2D eigenvalue weighted by atomic mass is 19.4. The van der Waals surface area contributed by atoms with Gasteiger partial charge in [0.05, 0.1) is 6.07 Å².